The number of thioether (sulfide) groups is 1. The summed E-state index contributed by atoms with van der Waals surface area (Å²) < 4.78 is 0. The summed E-state index contributed by atoms with van der Waals surface area (Å²) in [6.45, 7) is 10.2. The van der Waals surface area contributed by atoms with Crippen LogP contribution in [0.25, 0.3) is 0 Å². The lowest BCUT2D eigenvalue weighted by atomic mass is 9.88. The zero-order valence-electron chi connectivity index (χ0n) is 14.0. The predicted octanol–water partition coefficient (Wildman–Crippen LogP) is 3.22. The van der Waals surface area contributed by atoms with Crippen molar-refractivity contribution in [2.75, 3.05) is 16.8 Å². The Balaban J connectivity index is 2.27. The molecule has 2 amide bonds. The van der Waals surface area contributed by atoms with E-state index >= 15 is 0 Å². The molecule has 4 nitrogen and oxygen atoms in total. The maximum absolute atomic E-state index is 11.8. The van der Waals surface area contributed by atoms with Crippen LogP contribution < -0.4 is 10.6 Å². The fraction of sp³-hybridized carbons (Fsp3) is 0.529. The van der Waals surface area contributed by atoms with Crippen molar-refractivity contribution in [3.8, 4) is 0 Å². The Kier molecular flexibility index (Phi) is 6.94. The Labute approximate surface area is 137 Å². The summed E-state index contributed by atoms with van der Waals surface area (Å²) in [5.74, 6) is 0.438. The van der Waals surface area contributed by atoms with Gasteiger partial charge in [-0.1, -0.05) is 38.5 Å². The van der Waals surface area contributed by atoms with Gasteiger partial charge >= 0.3 is 0 Å². The summed E-state index contributed by atoms with van der Waals surface area (Å²) in [7, 11) is 0. The highest BCUT2D eigenvalue weighted by molar-refractivity contribution is 8.00. The number of carbonyl (C=O) groups excluding carboxylic acids is 2. The van der Waals surface area contributed by atoms with Crippen molar-refractivity contribution >= 4 is 29.3 Å². The second-order valence-electron chi connectivity index (χ2n) is 6.56. The Morgan fingerprint density at radius 3 is 2.18 bits per heavy atom. The average Bonchev–Trinajstić information content (AvgIpc) is 2.40. The Morgan fingerprint density at radius 1 is 1.09 bits per heavy atom. The molecule has 0 fully saturated rings. The zero-order chi connectivity index (χ0) is 16.8. The van der Waals surface area contributed by atoms with Crippen molar-refractivity contribution in [2.24, 2.45) is 5.41 Å². The lowest BCUT2D eigenvalue weighted by molar-refractivity contribution is -0.119. The number of hydrogen-bond donors (Lipinski definition) is 2. The van der Waals surface area contributed by atoms with Crippen LogP contribution >= 0.6 is 11.8 Å². The van der Waals surface area contributed by atoms with E-state index in [4.69, 9.17) is 0 Å². The van der Waals surface area contributed by atoms with Crippen molar-refractivity contribution in [3.63, 3.8) is 0 Å². The quantitative estimate of drug-likeness (QED) is 0.845. The fourth-order valence-corrected chi connectivity index (χ4v) is 2.20. The van der Waals surface area contributed by atoms with E-state index in [9.17, 15) is 9.59 Å². The Hall–Kier alpha value is -1.49. The summed E-state index contributed by atoms with van der Waals surface area (Å²) in [6.07, 6.45) is 0. The number of anilines is 1. The molecule has 0 spiro atoms. The maximum Gasteiger partial charge on any atom is 0.234 e. The van der Waals surface area contributed by atoms with Crippen molar-refractivity contribution in [1.82, 2.24) is 5.32 Å². The topological polar surface area (TPSA) is 58.2 Å². The lowest BCUT2D eigenvalue weighted by Gasteiger charge is -2.28. The molecule has 0 radical (unpaired) electrons. The predicted molar refractivity (Wildman–Crippen MR) is 94.2 cm³/mol. The van der Waals surface area contributed by atoms with Crippen LogP contribution in [0.4, 0.5) is 5.69 Å². The van der Waals surface area contributed by atoms with Crippen LogP contribution in [0.5, 0.6) is 0 Å². The fourth-order valence-electron chi connectivity index (χ4n) is 1.57. The minimum atomic E-state index is -0.0921. The third-order valence-electron chi connectivity index (χ3n) is 3.48. The van der Waals surface area contributed by atoms with E-state index in [0.29, 0.717) is 5.75 Å². The van der Waals surface area contributed by atoms with Crippen LogP contribution in [0.2, 0.25) is 0 Å². The molecule has 5 heteroatoms. The molecule has 0 saturated heterocycles. The molecule has 1 aromatic rings. The van der Waals surface area contributed by atoms with Gasteiger partial charge in [0.15, 0.2) is 0 Å². The molecule has 0 aliphatic rings. The van der Waals surface area contributed by atoms with Gasteiger partial charge in [-0.25, -0.2) is 0 Å². The van der Waals surface area contributed by atoms with Gasteiger partial charge in [0.25, 0.3) is 0 Å². The van der Waals surface area contributed by atoms with Crippen LogP contribution in [0.3, 0.4) is 0 Å². The van der Waals surface area contributed by atoms with Gasteiger partial charge in [0.2, 0.25) is 11.8 Å². The van der Waals surface area contributed by atoms with Crippen molar-refractivity contribution < 1.29 is 9.59 Å². The minimum absolute atomic E-state index is 0.0309. The van der Waals surface area contributed by atoms with Crippen LogP contribution in [0, 0.1) is 12.3 Å². The van der Waals surface area contributed by atoms with E-state index < -0.39 is 0 Å². The third kappa shape index (κ3) is 6.98. The molecule has 0 heterocycles. The van der Waals surface area contributed by atoms with Gasteiger partial charge in [-0.3, -0.25) is 9.59 Å². The molecule has 122 valence electrons. The first-order chi connectivity index (χ1) is 10.2. The first-order valence-electron chi connectivity index (χ1n) is 7.42. The van der Waals surface area contributed by atoms with Gasteiger partial charge in [-0.15, -0.1) is 11.8 Å². The van der Waals surface area contributed by atoms with Crippen LogP contribution in [-0.2, 0) is 9.59 Å². The van der Waals surface area contributed by atoms with Crippen LogP contribution in [-0.4, -0.2) is 29.4 Å². The summed E-state index contributed by atoms with van der Waals surface area (Å²) in [5.41, 5.74) is 1.96. The van der Waals surface area contributed by atoms with E-state index in [-0.39, 0.29) is 29.0 Å². The van der Waals surface area contributed by atoms with E-state index in [2.05, 4.69) is 31.4 Å². The normalized spacial score (nSPS) is 12.6. The zero-order valence-corrected chi connectivity index (χ0v) is 14.8. The smallest absolute Gasteiger partial charge is 0.234 e. The molecular formula is C17H26N2O2S. The second kappa shape index (κ2) is 8.22. The monoisotopic (exact) mass is 322 g/mol. The highest BCUT2D eigenvalue weighted by Gasteiger charge is 2.21. The Morgan fingerprint density at radius 2 is 1.64 bits per heavy atom. The van der Waals surface area contributed by atoms with Crippen LogP contribution in [0.15, 0.2) is 24.3 Å². The van der Waals surface area contributed by atoms with E-state index in [1.165, 1.54) is 11.8 Å². The standard InChI is InChI=1S/C17H26N2O2S/c1-12-6-8-14(9-7-12)19-16(21)11-22-10-15(20)18-13(2)17(3,4)5/h6-9,13H,10-11H2,1-5H3,(H,18,20)(H,19,21). The van der Waals surface area contributed by atoms with Crippen molar-refractivity contribution in [1.29, 1.82) is 0 Å². The molecule has 0 aliphatic carbocycles. The molecule has 1 aromatic carbocycles. The number of carbonyl (C=O) groups is 2. The van der Waals surface area contributed by atoms with Gasteiger partial charge in [-0.2, -0.15) is 0 Å². The van der Waals surface area contributed by atoms with Gasteiger partial charge in [0.05, 0.1) is 11.5 Å². The largest absolute Gasteiger partial charge is 0.352 e. The SMILES string of the molecule is Cc1ccc(NC(=O)CSCC(=O)NC(C)C(C)(C)C)cc1. The third-order valence-corrected chi connectivity index (χ3v) is 4.41. The number of amides is 2. The number of nitrogens with one attached hydrogen (secondary N) is 2. The molecule has 22 heavy (non-hydrogen) atoms. The average molecular weight is 322 g/mol. The van der Waals surface area contributed by atoms with Crippen molar-refractivity contribution in [3.05, 3.63) is 29.8 Å². The molecule has 1 unspecified atom stereocenters. The highest BCUT2D eigenvalue weighted by Crippen LogP contribution is 2.18. The molecule has 2 N–H and O–H groups in total. The molecule has 0 bridgehead atoms. The highest BCUT2D eigenvalue weighted by atomic mass is 32.2. The molecular weight excluding hydrogens is 296 g/mol. The maximum atomic E-state index is 11.8. The van der Waals surface area contributed by atoms with Crippen LogP contribution in [0.1, 0.15) is 33.3 Å². The molecule has 0 aliphatic heterocycles. The Bertz CT molecular complexity index is 506. The van der Waals surface area contributed by atoms with Gasteiger partial charge in [-0.05, 0) is 31.4 Å². The summed E-state index contributed by atoms with van der Waals surface area (Å²) in [5, 5.41) is 5.77. The van der Waals surface area contributed by atoms with E-state index in [0.717, 1.165) is 11.3 Å². The molecule has 0 aromatic heterocycles. The summed E-state index contributed by atoms with van der Waals surface area (Å²) in [4.78, 5) is 23.6. The van der Waals surface area contributed by atoms with Gasteiger partial charge in [0, 0.05) is 11.7 Å². The number of benzene rings is 1. The number of hydrogen-bond acceptors (Lipinski definition) is 3. The molecule has 1 atom stereocenters. The van der Waals surface area contributed by atoms with Gasteiger partial charge < -0.3 is 10.6 Å². The minimum Gasteiger partial charge on any atom is -0.352 e. The van der Waals surface area contributed by atoms with E-state index in [1.807, 2.05) is 38.1 Å². The summed E-state index contributed by atoms with van der Waals surface area (Å²) in [6, 6.07) is 7.74. The van der Waals surface area contributed by atoms with Crippen molar-refractivity contribution in [2.45, 2.75) is 40.7 Å². The first-order valence-corrected chi connectivity index (χ1v) is 8.57. The molecule has 1 rings (SSSR count). The lowest BCUT2D eigenvalue weighted by Crippen LogP contribution is -2.42. The van der Waals surface area contributed by atoms with E-state index in [1.54, 1.807) is 0 Å². The second-order valence-corrected chi connectivity index (χ2v) is 7.55. The van der Waals surface area contributed by atoms with Gasteiger partial charge in [0.1, 0.15) is 0 Å². The summed E-state index contributed by atoms with van der Waals surface area (Å²) >= 11 is 1.32. The first kappa shape index (κ1) is 18.6. The molecule has 0 saturated carbocycles. The number of aryl methyl sites for hydroxylation is 1. The number of rotatable bonds is 6.